The van der Waals surface area contributed by atoms with E-state index in [0.717, 1.165) is 37.1 Å². The molecule has 1 rings (SSSR count). The van der Waals surface area contributed by atoms with E-state index < -0.39 is 0 Å². The van der Waals surface area contributed by atoms with Gasteiger partial charge >= 0.3 is 0 Å². The number of ether oxygens (including phenoxy) is 2. The highest BCUT2D eigenvalue weighted by molar-refractivity contribution is 8.23. The van der Waals surface area contributed by atoms with Gasteiger partial charge in [-0.15, -0.1) is 0 Å². The summed E-state index contributed by atoms with van der Waals surface area (Å²) in [7, 11) is 0. The maximum atomic E-state index is 9.08. The van der Waals surface area contributed by atoms with Crippen molar-refractivity contribution >= 4 is 56.7 Å². The van der Waals surface area contributed by atoms with Gasteiger partial charge < -0.3 is 9.47 Å². The Morgan fingerprint density at radius 2 is 1.37 bits per heavy atom. The Bertz CT molecular complexity index is 702. The highest BCUT2D eigenvalue weighted by Crippen LogP contribution is 2.24. The van der Waals surface area contributed by atoms with Crippen LogP contribution >= 0.6 is 48.0 Å². The summed E-state index contributed by atoms with van der Waals surface area (Å²) in [6.07, 6.45) is 3.99. The van der Waals surface area contributed by atoms with Crippen LogP contribution in [0.2, 0.25) is 0 Å². The number of thioether (sulfide) groups is 2. The summed E-state index contributed by atoms with van der Waals surface area (Å²) >= 11 is 13.3. The van der Waals surface area contributed by atoms with Crippen LogP contribution in [0.5, 0.6) is 0 Å². The van der Waals surface area contributed by atoms with Gasteiger partial charge in [-0.2, -0.15) is 10.5 Å². The summed E-state index contributed by atoms with van der Waals surface area (Å²) in [5.74, 6) is 0. The van der Waals surface area contributed by atoms with Gasteiger partial charge in [-0.1, -0.05) is 29.6 Å². The van der Waals surface area contributed by atoms with Gasteiger partial charge in [-0.05, 0) is 76.1 Å². The van der Waals surface area contributed by atoms with Crippen molar-refractivity contribution in [1.29, 1.82) is 10.5 Å². The average Bonchev–Trinajstić information content (AvgIpc) is 2.71. The molecule has 0 saturated carbocycles. The Hall–Kier alpha value is -1.39. The van der Waals surface area contributed by atoms with Crippen LogP contribution in [0.15, 0.2) is 18.2 Å². The maximum Gasteiger partial charge on any atom is 0.220 e. The van der Waals surface area contributed by atoms with Gasteiger partial charge in [-0.25, -0.2) is 0 Å². The molecular formula is C21H27N3O2S4. The standard InChI is InChI=1S/C21H27N3O2S4/c1-3-25-20(27)29-18(12-14-22)10-8-16-6-5-7-17(24-16)9-11-19(13-15-23)30-21(28)26-4-2/h5-7,18-19H,3-4,8-13H2,1-2H3. The van der Waals surface area contributed by atoms with Crippen LogP contribution in [-0.2, 0) is 22.3 Å². The first-order chi connectivity index (χ1) is 14.5. The van der Waals surface area contributed by atoms with E-state index in [1.165, 1.54) is 23.5 Å². The molecule has 9 heteroatoms. The molecule has 2 atom stereocenters. The number of rotatable bonds is 12. The van der Waals surface area contributed by atoms with E-state index in [0.29, 0.717) is 34.8 Å². The third-order valence-electron chi connectivity index (χ3n) is 4.00. The molecule has 0 N–H and O–H groups in total. The zero-order valence-corrected chi connectivity index (χ0v) is 20.6. The molecule has 0 amide bonds. The van der Waals surface area contributed by atoms with E-state index in [9.17, 15) is 0 Å². The normalized spacial score (nSPS) is 12.3. The van der Waals surface area contributed by atoms with Gasteiger partial charge in [0.1, 0.15) is 0 Å². The lowest BCUT2D eigenvalue weighted by Gasteiger charge is -2.15. The Morgan fingerprint density at radius 3 is 1.73 bits per heavy atom. The summed E-state index contributed by atoms with van der Waals surface area (Å²) in [4.78, 5) is 4.76. The Labute approximate surface area is 198 Å². The fourth-order valence-corrected chi connectivity index (χ4v) is 5.37. The highest BCUT2D eigenvalue weighted by atomic mass is 32.2. The van der Waals surface area contributed by atoms with Crippen molar-refractivity contribution < 1.29 is 9.47 Å². The third-order valence-corrected chi connectivity index (χ3v) is 6.90. The Kier molecular flexibility index (Phi) is 14.5. The van der Waals surface area contributed by atoms with Crippen molar-refractivity contribution in [2.75, 3.05) is 13.2 Å². The van der Waals surface area contributed by atoms with Crippen LogP contribution in [-0.4, -0.2) is 37.5 Å². The molecule has 5 nitrogen and oxygen atoms in total. The first-order valence-corrected chi connectivity index (χ1v) is 12.4. The molecule has 0 aromatic carbocycles. The molecule has 2 unspecified atom stereocenters. The number of hydrogen-bond donors (Lipinski definition) is 0. The lowest BCUT2D eigenvalue weighted by Crippen LogP contribution is -2.11. The molecule has 1 aromatic rings. The predicted molar refractivity (Wildman–Crippen MR) is 133 cm³/mol. The molecule has 0 saturated heterocycles. The molecule has 0 aliphatic heterocycles. The van der Waals surface area contributed by atoms with Crippen molar-refractivity contribution in [3.63, 3.8) is 0 Å². The van der Waals surface area contributed by atoms with Crippen LogP contribution in [0.3, 0.4) is 0 Å². The zero-order valence-electron chi connectivity index (χ0n) is 17.3. The fraction of sp³-hybridized carbons (Fsp3) is 0.571. The molecule has 0 aliphatic rings. The van der Waals surface area contributed by atoms with Crippen molar-refractivity contribution in [3.8, 4) is 12.1 Å². The molecule has 162 valence electrons. The van der Waals surface area contributed by atoms with Gasteiger partial charge in [0.2, 0.25) is 8.77 Å². The Morgan fingerprint density at radius 1 is 0.933 bits per heavy atom. The minimum atomic E-state index is 0.0930. The van der Waals surface area contributed by atoms with Crippen molar-refractivity contribution in [2.24, 2.45) is 0 Å². The number of aryl methyl sites for hydroxylation is 2. The minimum absolute atomic E-state index is 0.0930. The summed E-state index contributed by atoms with van der Waals surface area (Å²) in [6.45, 7) is 4.86. The molecule has 0 spiro atoms. The monoisotopic (exact) mass is 481 g/mol. The van der Waals surface area contributed by atoms with Crippen molar-refractivity contribution in [2.45, 2.75) is 62.9 Å². The van der Waals surface area contributed by atoms with E-state index in [2.05, 4.69) is 12.1 Å². The molecule has 0 aliphatic carbocycles. The second kappa shape index (κ2) is 16.3. The number of aromatic nitrogens is 1. The van der Waals surface area contributed by atoms with Crippen LogP contribution in [0.25, 0.3) is 0 Å². The number of nitrogens with zero attached hydrogens (tertiary/aromatic N) is 3. The summed E-state index contributed by atoms with van der Waals surface area (Å²) in [5, 5.41) is 18.3. The molecule has 0 radical (unpaired) electrons. The zero-order chi connectivity index (χ0) is 22.2. The topological polar surface area (TPSA) is 78.9 Å². The molecule has 1 aromatic heterocycles. The fourth-order valence-electron chi connectivity index (χ4n) is 2.61. The maximum absolute atomic E-state index is 9.08. The van der Waals surface area contributed by atoms with Crippen LogP contribution in [0.1, 0.15) is 50.9 Å². The number of hydrogen-bond acceptors (Lipinski definition) is 9. The largest absolute Gasteiger partial charge is 0.479 e. The SMILES string of the molecule is CCOC(=S)SC(CC#N)CCc1cccc(CCC(CC#N)SC(=S)OCC)n1. The lowest BCUT2D eigenvalue weighted by molar-refractivity contribution is 0.346. The summed E-state index contributed by atoms with van der Waals surface area (Å²) in [6, 6.07) is 10.5. The number of nitriles is 2. The van der Waals surface area contributed by atoms with Crippen LogP contribution in [0, 0.1) is 22.7 Å². The number of thiocarbonyl (C=S) groups is 2. The molecule has 30 heavy (non-hydrogen) atoms. The predicted octanol–water partition coefficient (Wildman–Crippen LogP) is 5.62. The minimum Gasteiger partial charge on any atom is -0.479 e. The molecule has 0 fully saturated rings. The Balaban J connectivity index is 2.61. The van der Waals surface area contributed by atoms with E-state index in [1.54, 1.807) is 0 Å². The smallest absolute Gasteiger partial charge is 0.220 e. The van der Waals surface area contributed by atoms with Crippen LogP contribution < -0.4 is 0 Å². The first kappa shape index (κ1) is 26.6. The quantitative estimate of drug-likeness (QED) is 0.353. The first-order valence-electron chi connectivity index (χ1n) is 9.87. The summed E-state index contributed by atoms with van der Waals surface area (Å²) < 4.78 is 11.6. The van der Waals surface area contributed by atoms with E-state index in [-0.39, 0.29) is 10.5 Å². The van der Waals surface area contributed by atoms with Gasteiger partial charge in [0.15, 0.2) is 0 Å². The second-order valence-electron chi connectivity index (χ2n) is 6.27. The molecule has 1 heterocycles. The second-order valence-corrected chi connectivity index (χ2v) is 10.1. The molecule has 0 bridgehead atoms. The average molecular weight is 482 g/mol. The van der Waals surface area contributed by atoms with Crippen molar-refractivity contribution in [1.82, 2.24) is 4.98 Å². The van der Waals surface area contributed by atoms with Gasteiger partial charge in [-0.3, -0.25) is 4.98 Å². The van der Waals surface area contributed by atoms with E-state index in [1.807, 2.05) is 32.0 Å². The lowest BCUT2D eigenvalue weighted by atomic mass is 10.1. The van der Waals surface area contributed by atoms with Gasteiger partial charge in [0.05, 0.1) is 25.4 Å². The third kappa shape index (κ3) is 11.7. The van der Waals surface area contributed by atoms with Crippen LogP contribution in [0.4, 0.5) is 0 Å². The van der Waals surface area contributed by atoms with E-state index >= 15 is 0 Å². The summed E-state index contributed by atoms with van der Waals surface area (Å²) in [5.41, 5.74) is 1.99. The van der Waals surface area contributed by atoms with Crippen molar-refractivity contribution in [3.05, 3.63) is 29.6 Å². The van der Waals surface area contributed by atoms with Gasteiger partial charge in [0.25, 0.3) is 0 Å². The highest BCUT2D eigenvalue weighted by Gasteiger charge is 2.15. The van der Waals surface area contributed by atoms with Gasteiger partial charge in [0, 0.05) is 34.7 Å². The van der Waals surface area contributed by atoms with E-state index in [4.69, 9.17) is 49.4 Å². The number of pyridine rings is 1. The molecular weight excluding hydrogens is 455 g/mol.